The maximum absolute atomic E-state index is 12.8. The van der Waals surface area contributed by atoms with Crippen LogP contribution in [0, 0.1) is 13.8 Å². The molecule has 0 bridgehead atoms. The van der Waals surface area contributed by atoms with E-state index in [-0.39, 0.29) is 5.91 Å². The molecule has 2 aromatic heterocycles. The zero-order valence-corrected chi connectivity index (χ0v) is 20.1. The van der Waals surface area contributed by atoms with Crippen molar-refractivity contribution in [2.24, 2.45) is 0 Å². The van der Waals surface area contributed by atoms with E-state index < -0.39 is 0 Å². The van der Waals surface area contributed by atoms with Gasteiger partial charge in [-0.3, -0.25) is 4.79 Å². The third-order valence-electron chi connectivity index (χ3n) is 5.76. The number of hydrogen-bond acceptors (Lipinski definition) is 5. The van der Waals surface area contributed by atoms with Crippen LogP contribution in [0.2, 0.25) is 0 Å². The Balaban J connectivity index is 1.78. The third-order valence-corrected chi connectivity index (χ3v) is 5.76. The van der Waals surface area contributed by atoms with E-state index in [2.05, 4.69) is 10.3 Å². The van der Waals surface area contributed by atoms with Crippen LogP contribution in [0.3, 0.4) is 0 Å². The van der Waals surface area contributed by atoms with Gasteiger partial charge < -0.3 is 19.2 Å². The second-order valence-corrected chi connectivity index (χ2v) is 8.05. The number of rotatable bonds is 7. The van der Waals surface area contributed by atoms with Crippen molar-refractivity contribution in [1.82, 2.24) is 4.98 Å². The van der Waals surface area contributed by atoms with Crippen LogP contribution in [0.15, 0.2) is 65.4 Å². The molecule has 6 nitrogen and oxygen atoms in total. The van der Waals surface area contributed by atoms with Crippen molar-refractivity contribution in [2.75, 3.05) is 19.0 Å². The maximum Gasteiger partial charge on any atom is 0.249 e. The number of amides is 1. The molecule has 0 fully saturated rings. The van der Waals surface area contributed by atoms with E-state index in [1.165, 1.54) is 0 Å². The first-order chi connectivity index (χ1) is 16.4. The van der Waals surface area contributed by atoms with Crippen molar-refractivity contribution >= 4 is 28.3 Å². The number of anilines is 1. The third kappa shape index (κ3) is 4.53. The minimum atomic E-state index is -0.248. The van der Waals surface area contributed by atoms with Crippen molar-refractivity contribution in [3.05, 3.63) is 77.7 Å². The van der Waals surface area contributed by atoms with E-state index in [0.717, 1.165) is 50.1 Å². The molecule has 4 rings (SSSR count). The van der Waals surface area contributed by atoms with E-state index in [1.807, 2.05) is 70.2 Å². The van der Waals surface area contributed by atoms with E-state index in [9.17, 15) is 4.79 Å². The summed E-state index contributed by atoms with van der Waals surface area (Å²) in [5.41, 5.74) is 6.15. The Kier molecular flexibility index (Phi) is 6.68. The number of nitrogens with one attached hydrogen (secondary N) is 1. The monoisotopic (exact) mass is 456 g/mol. The van der Waals surface area contributed by atoms with Crippen LogP contribution in [0.4, 0.5) is 5.82 Å². The quantitative estimate of drug-likeness (QED) is 0.319. The Morgan fingerprint density at radius 1 is 1.18 bits per heavy atom. The number of benzene rings is 2. The van der Waals surface area contributed by atoms with Crippen molar-refractivity contribution < 1.29 is 18.7 Å². The van der Waals surface area contributed by atoms with Gasteiger partial charge in [0.25, 0.3) is 0 Å². The number of carbonyl (C=O) groups is 1. The van der Waals surface area contributed by atoms with Gasteiger partial charge in [-0.2, -0.15) is 0 Å². The molecule has 0 radical (unpaired) electrons. The zero-order valence-electron chi connectivity index (χ0n) is 20.1. The number of pyridine rings is 1. The number of furan rings is 1. The fourth-order valence-electron chi connectivity index (χ4n) is 3.98. The highest BCUT2D eigenvalue weighted by atomic mass is 16.5. The van der Waals surface area contributed by atoms with Crippen LogP contribution in [0.5, 0.6) is 11.5 Å². The molecule has 4 aromatic rings. The van der Waals surface area contributed by atoms with Crippen LogP contribution in [-0.4, -0.2) is 24.6 Å². The number of aromatic nitrogens is 1. The standard InChI is InChI=1S/C28H28N2O4/c1-6-33-26-19(4)27-23(24(16-34-27)20-9-11-21(32-5)12-10-20)15-22(26)18(3)14-25(31)30-28-17(2)8-7-13-29-28/h7-16H,6H2,1-5H3,(H,29,30,31)/b18-14+. The molecule has 2 heterocycles. The van der Waals surface area contributed by atoms with Gasteiger partial charge in [-0.05, 0) is 68.7 Å². The largest absolute Gasteiger partial charge is 0.497 e. The first kappa shape index (κ1) is 23.1. The van der Waals surface area contributed by atoms with E-state index in [1.54, 1.807) is 25.6 Å². The lowest BCUT2D eigenvalue weighted by atomic mass is 9.96. The van der Waals surface area contributed by atoms with Crippen LogP contribution in [0.1, 0.15) is 30.5 Å². The lowest BCUT2D eigenvalue weighted by molar-refractivity contribution is -0.111. The number of carbonyl (C=O) groups excluding carboxylic acids is 1. The normalized spacial score (nSPS) is 11.5. The van der Waals surface area contributed by atoms with E-state index in [4.69, 9.17) is 13.9 Å². The van der Waals surface area contributed by atoms with Gasteiger partial charge in [-0.1, -0.05) is 18.2 Å². The van der Waals surface area contributed by atoms with Crippen molar-refractivity contribution in [3.63, 3.8) is 0 Å². The fourth-order valence-corrected chi connectivity index (χ4v) is 3.98. The Morgan fingerprint density at radius 3 is 2.62 bits per heavy atom. The van der Waals surface area contributed by atoms with Gasteiger partial charge in [0.2, 0.25) is 5.91 Å². The Labute approximate surface area is 199 Å². The first-order valence-electron chi connectivity index (χ1n) is 11.2. The Hall–Kier alpha value is -4.06. The molecular weight excluding hydrogens is 428 g/mol. The van der Waals surface area contributed by atoms with Gasteiger partial charge in [0.05, 0.1) is 20.0 Å². The SMILES string of the molecule is CCOc1c(/C(C)=C/C(=O)Nc2ncccc2C)cc2c(-c3ccc(OC)cc3)coc2c1C. The molecule has 0 aliphatic carbocycles. The molecule has 6 heteroatoms. The Bertz CT molecular complexity index is 1370. The molecule has 2 aromatic carbocycles. The van der Waals surface area contributed by atoms with Gasteiger partial charge in [0.1, 0.15) is 22.9 Å². The second-order valence-electron chi connectivity index (χ2n) is 8.05. The van der Waals surface area contributed by atoms with Gasteiger partial charge in [0, 0.05) is 34.3 Å². The van der Waals surface area contributed by atoms with Crippen molar-refractivity contribution in [2.45, 2.75) is 27.7 Å². The summed E-state index contributed by atoms with van der Waals surface area (Å²) in [6.45, 7) is 8.22. The highest BCUT2D eigenvalue weighted by molar-refractivity contribution is 6.05. The van der Waals surface area contributed by atoms with Gasteiger partial charge >= 0.3 is 0 Å². The molecule has 0 spiro atoms. The highest BCUT2D eigenvalue weighted by Gasteiger charge is 2.19. The molecular formula is C28H28N2O4. The molecule has 1 N–H and O–H groups in total. The number of allylic oxidation sites excluding steroid dienone is 1. The molecule has 174 valence electrons. The number of aryl methyl sites for hydroxylation is 2. The van der Waals surface area contributed by atoms with Crippen molar-refractivity contribution in [1.29, 1.82) is 0 Å². The van der Waals surface area contributed by atoms with Crippen LogP contribution >= 0.6 is 0 Å². The molecule has 0 aliphatic heterocycles. The van der Waals surface area contributed by atoms with E-state index in [0.29, 0.717) is 18.2 Å². The summed E-state index contributed by atoms with van der Waals surface area (Å²) < 4.78 is 17.3. The topological polar surface area (TPSA) is 73.6 Å². The fraction of sp³-hybridized carbons (Fsp3) is 0.214. The molecule has 0 atom stereocenters. The maximum atomic E-state index is 12.8. The number of fused-ring (bicyclic) bond motifs is 1. The average Bonchev–Trinajstić information content (AvgIpc) is 3.26. The summed E-state index contributed by atoms with van der Waals surface area (Å²) in [7, 11) is 1.65. The van der Waals surface area contributed by atoms with Crippen LogP contribution < -0.4 is 14.8 Å². The van der Waals surface area contributed by atoms with Gasteiger partial charge in [-0.15, -0.1) is 0 Å². The molecule has 34 heavy (non-hydrogen) atoms. The predicted molar refractivity (Wildman–Crippen MR) is 135 cm³/mol. The molecule has 0 unspecified atom stereocenters. The number of hydrogen-bond donors (Lipinski definition) is 1. The minimum absolute atomic E-state index is 0.248. The summed E-state index contributed by atoms with van der Waals surface area (Å²) in [5.74, 6) is 1.80. The summed E-state index contributed by atoms with van der Waals surface area (Å²) >= 11 is 0. The minimum Gasteiger partial charge on any atom is -0.497 e. The summed E-state index contributed by atoms with van der Waals surface area (Å²) in [4.78, 5) is 17.0. The summed E-state index contributed by atoms with van der Waals surface area (Å²) in [6, 6.07) is 13.6. The van der Waals surface area contributed by atoms with Crippen LogP contribution in [-0.2, 0) is 4.79 Å². The van der Waals surface area contributed by atoms with Gasteiger partial charge in [-0.25, -0.2) is 4.98 Å². The van der Waals surface area contributed by atoms with Gasteiger partial charge in [0.15, 0.2) is 0 Å². The number of ether oxygens (including phenoxy) is 2. The highest BCUT2D eigenvalue weighted by Crippen LogP contribution is 2.41. The molecule has 0 saturated heterocycles. The summed E-state index contributed by atoms with van der Waals surface area (Å²) in [5, 5.41) is 3.81. The zero-order chi connectivity index (χ0) is 24.2. The molecule has 1 amide bonds. The first-order valence-corrected chi connectivity index (χ1v) is 11.2. The van der Waals surface area contributed by atoms with E-state index >= 15 is 0 Å². The van der Waals surface area contributed by atoms with Crippen LogP contribution in [0.25, 0.3) is 27.7 Å². The molecule has 0 aliphatic rings. The predicted octanol–water partition coefficient (Wildman–Crippen LogP) is 6.56. The smallest absolute Gasteiger partial charge is 0.249 e. The second kappa shape index (κ2) is 9.83. The summed E-state index contributed by atoms with van der Waals surface area (Å²) in [6.07, 6.45) is 4.99. The lowest BCUT2D eigenvalue weighted by Gasteiger charge is -2.15. The molecule has 0 saturated carbocycles. The number of nitrogens with zero attached hydrogens (tertiary/aromatic N) is 1. The average molecular weight is 457 g/mol. The Morgan fingerprint density at radius 2 is 1.94 bits per heavy atom. The van der Waals surface area contributed by atoms with Crippen molar-refractivity contribution in [3.8, 4) is 22.6 Å². The lowest BCUT2D eigenvalue weighted by Crippen LogP contribution is -2.11. The number of methoxy groups -OCH3 is 1.